The first-order chi connectivity index (χ1) is 10.0. The van der Waals surface area contributed by atoms with E-state index in [1.54, 1.807) is 19.1 Å². The van der Waals surface area contributed by atoms with Crippen molar-refractivity contribution < 1.29 is 24.2 Å². The molecule has 7 heteroatoms. The van der Waals surface area contributed by atoms with Crippen LogP contribution in [-0.2, 0) is 14.3 Å². The quantitative estimate of drug-likeness (QED) is 0.677. The van der Waals surface area contributed by atoms with Crippen LogP contribution in [0.1, 0.15) is 25.7 Å². The van der Waals surface area contributed by atoms with Crippen LogP contribution in [0.2, 0.25) is 0 Å². The van der Waals surface area contributed by atoms with Crippen molar-refractivity contribution in [1.82, 2.24) is 9.80 Å². The Bertz CT molecular complexity index is 329. The number of carbonyl (C=O) groups is 2. The zero-order valence-corrected chi connectivity index (χ0v) is 12.9. The molecule has 7 nitrogen and oxygen atoms in total. The van der Waals surface area contributed by atoms with E-state index in [9.17, 15) is 9.59 Å². The van der Waals surface area contributed by atoms with Crippen LogP contribution in [0.4, 0.5) is 4.79 Å². The second-order valence-corrected chi connectivity index (χ2v) is 5.25. The minimum atomic E-state index is -0.847. The van der Waals surface area contributed by atoms with E-state index in [1.165, 1.54) is 0 Å². The smallest absolute Gasteiger partial charge is 0.319 e. The number of hydrogen-bond acceptors (Lipinski definition) is 4. The first-order valence-corrected chi connectivity index (χ1v) is 7.37. The molecule has 0 spiro atoms. The summed E-state index contributed by atoms with van der Waals surface area (Å²) in [4.78, 5) is 26.1. The van der Waals surface area contributed by atoms with Crippen LogP contribution < -0.4 is 0 Å². The number of amides is 2. The predicted octanol–water partition coefficient (Wildman–Crippen LogP) is 1.03. The molecule has 0 bridgehead atoms. The number of aliphatic carboxylic acids is 1. The minimum absolute atomic E-state index is 0.0291. The summed E-state index contributed by atoms with van der Waals surface area (Å²) in [5.41, 5.74) is 0. The van der Waals surface area contributed by atoms with E-state index in [1.807, 2.05) is 4.90 Å². The molecule has 0 saturated carbocycles. The maximum Gasteiger partial charge on any atom is 0.319 e. The van der Waals surface area contributed by atoms with E-state index in [0.29, 0.717) is 26.2 Å². The van der Waals surface area contributed by atoms with Gasteiger partial charge >= 0.3 is 12.0 Å². The summed E-state index contributed by atoms with van der Waals surface area (Å²) >= 11 is 0. The Morgan fingerprint density at radius 1 is 1.29 bits per heavy atom. The van der Waals surface area contributed by atoms with Crippen LogP contribution in [-0.4, -0.2) is 80.0 Å². The van der Waals surface area contributed by atoms with Gasteiger partial charge in [-0.2, -0.15) is 0 Å². The highest BCUT2D eigenvalue weighted by Gasteiger charge is 2.25. The van der Waals surface area contributed by atoms with Gasteiger partial charge in [-0.3, -0.25) is 4.79 Å². The zero-order chi connectivity index (χ0) is 15.7. The van der Waals surface area contributed by atoms with Gasteiger partial charge in [0.25, 0.3) is 0 Å². The SMILES string of the molecule is COCCCN(C)C(=O)N1CCC(OCCC(=O)O)CC1. The van der Waals surface area contributed by atoms with Gasteiger partial charge in [0, 0.05) is 40.4 Å². The molecule has 2 amide bonds. The Hall–Kier alpha value is -1.34. The number of nitrogens with zero attached hydrogens (tertiary/aromatic N) is 2. The summed E-state index contributed by atoms with van der Waals surface area (Å²) in [5.74, 6) is -0.847. The van der Waals surface area contributed by atoms with Crippen molar-refractivity contribution in [2.24, 2.45) is 0 Å². The third-order valence-electron chi connectivity index (χ3n) is 3.55. The van der Waals surface area contributed by atoms with Crippen molar-refractivity contribution >= 4 is 12.0 Å². The molecule has 1 rings (SSSR count). The molecule has 122 valence electrons. The molecule has 1 aliphatic rings. The molecule has 0 atom stereocenters. The zero-order valence-electron chi connectivity index (χ0n) is 12.9. The first-order valence-electron chi connectivity index (χ1n) is 7.37. The number of urea groups is 1. The number of rotatable bonds is 8. The standard InChI is InChI=1S/C14H26N2O5/c1-15(7-3-10-20-2)14(19)16-8-4-12(5-9-16)21-11-6-13(17)18/h12H,3-11H2,1-2H3,(H,17,18). The van der Waals surface area contributed by atoms with Gasteiger partial charge in [-0.15, -0.1) is 0 Å². The lowest BCUT2D eigenvalue weighted by molar-refractivity contribution is -0.138. The molecule has 1 fully saturated rings. The summed E-state index contributed by atoms with van der Waals surface area (Å²) in [7, 11) is 3.45. The van der Waals surface area contributed by atoms with Gasteiger partial charge in [-0.25, -0.2) is 4.79 Å². The molecule has 21 heavy (non-hydrogen) atoms. The van der Waals surface area contributed by atoms with Gasteiger partial charge in [0.1, 0.15) is 0 Å². The third-order valence-corrected chi connectivity index (χ3v) is 3.55. The van der Waals surface area contributed by atoms with Gasteiger partial charge in [0.15, 0.2) is 0 Å². The molecule has 0 aromatic heterocycles. The highest BCUT2D eigenvalue weighted by molar-refractivity contribution is 5.74. The van der Waals surface area contributed by atoms with Crippen LogP contribution in [0, 0.1) is 0 Å². The van der Waals surface area contributed by atoms with Gasteiger partial charge in [-0.05, 0) is 19.3 Å². The van der Waals surface area contributed by atoms with E-state index < -0.39 is 5.97 Å². The molecule has 0 aromatic carbocycles. The molecule has 0 aliphatic carbocycles. The molecule has 1 aliphatic heterocycles. The lowest BCUT2D eigenvalue weighted by Crippen LogP contribution is -2.47. The number of carbonyl (C=O) groups excluding carboxylic acids is 1. The van der Waals surface area contributed by atoms with Crippen LogP contribution in [0.15, 0.2) is 0 Å². The monoisotopic (exact) mass is 302 g/mol. The van der Waals surface area contributed by atoms with Gasteiger partial charge < -0.3 is 24.4 Å². The molecular formula is C14H26N2O5. The van der Waals surface area contributed by atoms with Crippen LogP contribution in [0.5, 0.6) is 0 Å². The van der Waals surface area contributed by atoms with E-state index in [2.05, 4.69) is 0 Å². The molecule has 1 saturated heterocycles. The summed E-state index contributed by atoms with van der Waals surface area (Å²) in [6.45, 7) is 2.89. The second-order valence-electron chi connectivity index (χ2n) is 5.25. The lowest BCUT2D eigenvalue weighted by atomic mass is 10.1. The van der Waals surface area contributed by atoms with Gasteiger partial charge in [0.05, 0.1) is 19.1 Å². The van der Waals surface area contributed by atoms with E-state index in [-0.39, 0.29) is 25.2 Å². The number of ether oxygens (including phenoxy) is 2. The van der Waals surface area contributed by atoms with Crippen molar-refractivity contribution in [2.75, 3.05) is 47.0 Å². The number of likely N-dealkylation sites (tertiary alicyclic amines) is 1. The normalized spacial score (nSPS) is 16.0. The maximum atomic E-state index is 12.2. The van der Waals surface area contributed by atoms with Gasteiger partial charge in [-0.1, -0.05) is 0 Å². The second kappa shape index (κ2) is 9.57. The predicted molar refractivity (Wildman–Crippen MR) is 77.3 cm³/mol. The average molecular weight is 302 g/mol. The van der Waals surface area contributed by atoms with Crippen LogP contribution in [0.3, 0.4) is 0 Å². The van der Waals surface area contributed by atoms with Gasteiger partial charge in [0.2, 0.25) is 0 Å². The average Bonchev–Trinajstić information content (AvgIpc) is 2.47. The van der Waals surface area contributed by atoms with E-state index >= 15 is 0 Å². The fourth-order valence-corrected chi connectivity index (χ4v) is 2.31. The Morgan fingerprint density at radius 2 is 1.95 bits per heavy atom. The summed E-state index contributed by atoms with van der Waals surface area (Å²) in [6, 6.07) is 0.0371. The third kappa shape index (κ3) is 6.77. The Morgan fingerprint density at radius 3 is 2.52 bits per heavy atom. The van der Waals surface area contributed by atoms with Crippen molar-refractivity contribution in [2.45, 2.75) is 31.8 Å². The Balaban J connectivity index is 2.22. The number of carboxylic acids is 1. The van der Waals surface area contributed by atoms with Crippen LogP contribution >= 0.6 is 0 Å². The highest BCUT2D eigenvalue weighted by Crippen LogP contribution is 2.15. The molecule has 1 heterocycles. The first kappa shape index (κ1) is 17.7. The summed E-state index contributed by atoms with van der Waals surface area (Å²) in [6.07, 6.45) is 2.44. The molecule has 0 unspecified atom stereocenters. The van der Waals surface area contributed by atoms with Crippen molar-refractivity contribution in [1.29, 1.82) is 0 Å². The van der Waals surface area contributed by atoms with Crippen molar-refractivity contribution in [3.05, 3.63) is 0 Å². The largest absolute Gasteiger partial charge is 0.481 e. The molecule has 0 radical (unpaired) electrons. The maximum absolute atomic E-state index is 12.2. The fraction of sp³-hybridized carbons (Fsp3) is 0.857. The Labute approximate surface area is 125 Å². The van der Waals surface area contributed by atoms with Crippen molar-refractivity contribution in [3.63, 3.8) is 0 Å². The molecule has 1 N–H and O–H groups in total. The Kier molecular flexibility index (Phi) is 8.07. The fourth-order valence-electron chi connectivity index (χ4n) is 2.31. The lowest BCUT2D eigenvalue weighted by Gasteiger charge is -2.34. The molecule has 0 aromatic rings. The molecular weight excluding hydrogens is 276 g/mol. The number of hydrogen-bond donors (Lipinski definition) is 1. The summed E-state index contributed by atoms with van der Waals surface area (Å²) in [5, 5.41) is 8.56. The topological polar surface area (TPSA) is 79.3 Å². The number of piperidine rings is 1. The number of methoxy groups -OCH3 is 1. The van der Waals surface area contributed by atoms with Crippen molar-refractivity contribution in [3.8, 4) is 0 Å². The van der Waals surface area contributed by atoms with E-state index in [4.69, 9.17) is 14.6 Å². The minimum Gasteiger partial charge on any atom is -0.481 e. The number of carboxylic acid groups (broad SMARTS) is 1. The van der Waals surface area contributed by atoms with E-state index in [0.717, 1.165) is 19.3 Å². The van der Waals surface area contributed by atoms with Crippen LogP contribution in [0.25, 0.3) is 0 Å². The highest BCUT2D eigenvalue weighted by atomic mass is 16.5. The summed E-state index contributed by atoms with van der Waals surface area (Å²) < 4.78 is 10.5.